The number of aromatic nitrogens is 3. The van der Waals surface area contributed by atoms with Crippen molar-refractivity contribution >= 4 is 5.97 Å². The van der Waals surface area contributed by atoms with Gasteiger partial charge in [0, 0.05) is 23.5 Å². The van der Waals surface area contributed by atoms with Crippen LogP contribution in [0, 0.1) is 6.92 Å². The summed E-state index contributed by atoms with van der Waals surface area (Å²) in [5.41, 5.74) is 5.89. The van der Waals surface area contributed by atoms with Crippen LogP contribution in [-0.4, -0.2) is 32.9 Å². The van der Waals surface area contributed by atoms with E-state index in [0.717, 1.165) is 11.1 Å². The first-order valence-electron chi connectivity index (χ1n) is 10.9. The Morgan fingerprint density at radius 3 is 2.18 bits per heavy atom. The fourth-order valence-electron chi connectivity index (χ4n) is 3.27. The van der Waals surface area contributed by atoms with Crippen molar-refractivity contribution in [1.82, 2.24) is 15.2 Å². The topological polar surface area (TPSA) is 88.1 Å². The van der Waals surface area contributed by atoms with Gasteiger partial charge < -0.3 is 9.84 Å². The number of esters is 1. The van der Waals surface area contributed by atoms with Crippen LogP contribution >= 0.6 is 0 Å². The average Bonchev–Trinajstić information content (AvgIpc) is 3.26. The number of pyridine rings is 1. The van der Waals surface area contributed by atoms with E-state index in [0.29, 0.717) is 17.2 Å². The van der Waals surface area contributed by atoms with E-state index in [9.17, 15) is 9.90 Å². The number of aryl methyl sites for hydroxylation is 1. The molecule has 0 fully saturated rings. The van der Waals surface area contributed by atoms with Crippen LogP contribution in [0.25, 0.3) is 22.4 Å². The van der Waals surface area contributed by atoms with Crippen molar-refractivity contribution in [3.05, 3.63) is 89.9 Å². The van der Waals surface area contributed by atoms with Crippen molar-refractivity contribution in [2.24, 2.45) is 0 Å². The molecule has 0 spiro atoms. The molecule has 0 aliphatic rings. The van der Waals surface area contributed by atoms with E-state index in [1.807, 2.05) is 12.1 Å². The fourth-order valence-corrected chi connectivity index (χ4v) is 3.27. The van der Waals surface area contributed by atoms with Crippen LogP contribution in [0.3, 0.4) is 0 Å². The Kier molecular flexibility index (Phi) is 7.97. The number of aromatic hydroxyl groups is 1. The van der Waals surface area contributed by atoms with Gasteiger partial charge in [-0.15, -0.1) is 0 Å². The summed E-state index contributed by atoms with van der Waals surface area (Å²) in [5, 5.41) is 16.5. The van der Waals surface area contributed by atoms with Crippen LogP contribution in [-0.2, 0) is 4.74 Å². The normalized spacial score (nSPS) is 10.5. The second-order valence-corrected chi connectivity index (χ2v) is 7.89. The Hall–Kier alpha value is -3.93. The molecule has 0 bridgehead atoms. The number of nitrogens with one attached hydrogen (secondary N) is 1. The third-order valence-corrected chi connectivity index (χ3v) is 5.10. The highest BCUT2D eigenvalue weighted by Crippen LogP contribution is 2.34. The summed E-state index contributed by atoms with van der Waals surface area (Å²) < 4.78 is 5.09. The van der Waals surface area contributed by atoms with Gasteiger partial charge in [0.15, 0.2) is 5.69 Å². The molecule has 0 unspecified atom stereocenters. The lowest BCUT2D eigenvalue weighted by molar-refractivity contribution is 0.0520. The van der Waals surface area contributed by atoms with Gasteiger partial charge in [-0.25, -0.2) is 4.79 Å². The molecular weight excluding hydrogens is 414 g/mol. The summed E-state index contributed by atoms with van der Waals surface area (Å²) in [5.74, 6) is 0.337. The molecule has 0 radical (unpaired) electrons. The highest BCUT2D eigenvalue weighted by Gasteiger charge is 2.22. The molecule has 6 heteroatoms. The van der Waals surface area contributed by atoms with Gasteiger partial charge in [0.25, 0.3) is 0 Å². The Labute approximate surface area is 194 Å². The Morgan fingerprint density at radius 2 is 1.61 bits per heavy atom. The molecular formula is C27H29N3O3. The van der Waals surface area contributed by atoms with Crippen molar-refractivity contribution in [2.75, 3.05) is 6.61 Å². The highest BCUT2D eigenvalue weighted by atomic mass is 16.5. The molecule has 170 valence electrons. The quantitative estimate of drug-likeness (QED) is 0.362. The first kappa shape index (κ1) is 23.7. The van der Waals surface area contributed by atoms with Gasteiger partial charge in [0.1, 0.15) is 11.4 Å². The molecule has 2 N–H and O–H groups in total. The minimum absolute atomic E-state index is 0.153. The maximum atomic E-state index is 12.2. The van der Waals surface area contributed by atoms with Gasteiger partial charge in [-0.3, -0.25) is 10.1 Å². The maximum absolute atomic E-state index is 12.2. The number of carbonyl (C=O) groups excluding carboxylic acids is 1. The maximum Gasteiger partial charge on any atom is 0.357 e. The van der Waals surface area contributed by atoms with E-state index < -0.39 is 5.97 Å². The molecule has 6 nitrogen and oxygen atoms in total. The number of aromatic amines is 1. The lowest BCUT2D eigenvalue weighted by Crippen LogP contribution is -2.06. The summed E-state index contributed by atoms with van der Waals surface area (Å²) in [4.78, 5) is 16.2. The van der Waals surface area contributed by atoms with Gasteiger partial charge in [-0.1, -0.05) is 55.8 Å². The summed E-state index contributed by atoms with van der Waals surface area (Å²) in [6.07, 6.45) is 3.32. The molecule has 0 atom stereocenters. The van der Waals surface area contributed by atoms with Crippen molar-refractivity contribution in [1.29, 1.82) is 0 Å². The first-order valence-corrected chi connectivity index (χ1v) is 10.9. The van der Waals surface area contributed by atoms with Crippen LogP contribution < -0.4 is 0 Å². The number of H-pyrrole nitrogens is 1. The van der Waals surface area contributed by atoms with Crippen molar-refractivity contribution in [2.45, 2.75) is 33.6 Å². The van der Waals surface area contributed by atoms with E-state index in [4.69, 9.17) is 4.74 Å². The number of hydrogen-bond donors (Lipinski definition) is 2. The predicted molar refractivity (Wildman–Crippen MR) is 130 cm³/mol. The number of benzene rings is 2. The lowest BCUT2D eigenvalue weighted by Gasteiger charge is -2.06. The Balaban J connectivity index is 0.000000257. The average molecular weight is 444 g/mol. The number of rotatable bonds is 5. The van der Waals surface area contributed by atoms with Gasteiger partial charge in [0.05, 0.1) is 6.61 Å². The number of hydrogen-bond acceptors (Lipinski definition) is 5. The van der Waals surface area contributed by atoms with Crippen LogP contribution in [0.4, 0.5) is 0 Å². The molecule has 2 aromatic heterocycles. The van der Waals surface area contributed by atoms with E-state index >= 15 is 0 Å². The Bertz CT molecular complexity index is 1170. The van der Waals surface area contributed by atoms with Crippen molar-refractivity contribution < 1.29 is 14.6 Å². The number of ether oxygens (including phenoxy) is 1. The smallest absolute Gasteiger partial charge is 0.357 e. The Morgan fingerprint density at radius 1 is 0.970 bits per heavy atom. The van der Waals surface area contributed by atoms with Gasteiger partial charge in [0.2, 0.25) is 0 Å². The number of nitrogens with zero attached hydrogens (tertiary/aromatic N) is 2. The largest absolute Gasteiger partial charge is 0.508 e. The molecule has 0 aliphatic carbocycles. The molecule has 2 heterocycles. The number of phenolic OH excluding ortho intramolecular Hbond substituents is 1. The van der Waals surface area contributed by atoms with E-state index in [1.165, 1.54) is 11.1 Å². The van der Waals surface area contributed by atoms with Gasteiger partial charge in [-0.05, 0) is 55.2 Å². The number of phenols is 1. The van der Waals surface area contributed by atoms with Crippen LogP contribution in [0.1, 0.15) is 48.3 Å². The van der Waals surface area contributed by atoms with E-state index in [1.54, 1.807) is 43.6 Å². The van der Waals surface area contributed by atoms with E-state index in [-0.39, 0.29) is 18.1 Å². The SMILES string of the molecule is CCOC(=O)c1[nH]nc(-c2ccncc2)c1-c1ccc(O)cc1.Cc1ccc(C(C)C)cc1. The highest BCUT2D eigenvalue weighted by molar-refractivity contribution is 5.99. The van der Waals surface area contributed by atoms with E-state index in [2.05, 4.69) is 60.2 Å². The lowest BCUT2D eigenvalue weighted by atomic mass is 9.99. The van der Waals surface area contributed by atoms with Crippen LogP contribution in [0.2, 0.25) is 0 Å². The molecule has 33 heavy (non-hydrogen) atoms. The summed E-state index contributed by atoms with van der Waals surface area (Å²) >= 11 is 0. The zero-order chi connectivity index (χ0) is 23.8. The summed E-state index contributed by atoms with van der Waals surface area (Å²) in [6.45, 7) is 8.56. The van der Waals surface area contributed by atoms with Gasteiger partial charge >= 0.3 is 5.97 Å². The summed E-state index contributed by atoms with van der Waals surface area (Å²) in [7, 11) is 0. The zero-order valence-electron chi connectivity index (χ0n) is 19.4. The first-order chi connectivity index (χ1) is 15.9. The predicted octanol–water partition coefficient (Wildman–Crippen LogP) is 6.14. The fraction of sp³-hybridized carbons (Fsp3) is 0.222. The molecule has 0 amide bonds. The monoisotopic (exact) mass is 443 g/mol. The van der Waals surface area contributed by atoms with Gasteiger partial charge in [-0.2, -0.15) is 5.10 Å². The molecule has 4 rings (SSSR count). The van der Waals surface area contributed by atoms with Crippen molar-refractivity contribution in [3.8, 4) is 28.1 Å². The minimum atomic E-state index is -0.469. The minimum Gasteiger partial charge on any atom is -0.508 e. The van der Waals surface area contributed by atoms with Crippen molar-refractivity contribution in [3.63, 3.8) is 0 Å². The molecule has 2 aromatic carbocycles. The molecule has 0 saturated carbocycles. The van der Waals surface area contributed by atoms with Crippen LogP contribution in [0.5, 0.6) is 5.75 Å². The third kappa shape index (κ3) is 6.07. The second-order valence-electron chi connectivity index (χ2n) is 7.89. The molecule has 4 aromatic rings. The summed E-state index contributed by atoms with van der Waals surface area (Å²) in [6, 6.07) is 18.9. The third-order valence-electron chi connectivity index (χ3n) is 5.10. The molecule has 0 saturated heterocycles. The second kappa shape index (κ2) is 11.1. The standard InChI is InChI=1S/C17H15N3O3.C10H14/c1-2-23-17(22)16-14(11-3-5-13(21)6-4-11)15(19-20-16)12-7-9-18-10-8-12;1-8(2)10-6-4-9(3)5-7-10/h3-10,21H,2H2,1H3,(H,19,20);4-8H,1-3H3. The molecule has 0 aliphatic heterocycles. The number of carbonyl (C=O) groups is 1. The zero-order valence-corrected chi connectivity index (χ0v) is 19.4. The van der Waals surface area contributed by atoms with Crippen LogP contribution in [0.15, 0.2) is 73.1 Å².